The van der Waals surface area contributed by atoms with Crippen molar-refractivity contribution in [2.24, 2.45) is 0 Å². The van der Waals surface area contributed by atoms with Gasteiger partial charge in [-0.2, -0.15) is 5.10 Å². The molecule has 0 bridgehead atoms. The summed E-state index contributed by atoms with van der Waals surface area (Å²) in [4.78, 5) is 13.0. The van der Waals surface area contributed by atoms with Crippen molar-refractivity contribution in [1.29, 1.82) is 0 Å². The van der Waals surface area contributed by atoms with Crippen LogP contribution in [0.4, 0.5) is 14.5 Å². The van der Waals surface area contributed by atoms with Gasteiger partial charge in [-0.3, -0.25) is 9.48 Å². The molecular weight excluding hydrogens is 414 g/mol. The van der Waals surface area contributed by atoms with Crippen molar-refractivity contribution in [2.75, 3.05) is 5.32 Å². The summed E-state index contributed by atoms with van der Waals surface area (Å²) in [5, 5.41) is 7.06. The molecule has 0 saturated carbocycles. The molecule has 1 amide bonds. The van der Waals surface area contributed by atoms with E-state index in [9.17, 15) is 13.6 Å². The number of nitrogens with zero attached hydrogens (tertiary/aromatic N) is 3. The zero-order valence-electron chi connectivity index (χ0n) is 16.8. The molecule has 8 heteroatoms. The average Bonchev–Trinajstić information content (AvgIpc) is 3.46. The van der Waals surface area contributed by atoms with Crippen molar-refractivity contribution in [3.05, 3.63) is 108 Å². The Hall–Kier alpha value is -4.20. The van der Waals surface area contributed by atoms with Gasteiger partial charge in [0.25, 0.3) is 5.91 Å². The highest BCUT2D eigenvalue weighted by Gasteiger charge is 2.18. The highest BCUT2D eigenvalue weighted by molar-refractivity contribution is 6.05. The number of hydrogen-bond acceptors (Lipinski definition) is 3. The predicted molar refractivity (Wildman–Crippen MR) is 115 cm³/mol. The summed E-state index contributed by atoms with van der Waals surface area (Å²) in [5.41, 5.74) is 3.66. The fourth-order valence-electron chi connectivity index (χ4n) is 3.69. The largest absolute Gasteiger partial charge is 0.463 e. The SMILES string of the molecule is O=C(Nc1cnn(Cc2cccc(F)c2)c1)c1cc2occc2n1Cc1cccc(F)c1. The van der Waals surface area contributed by atoms with E-state index in [0.717, 1.165) is 16.6 Å². The van der Waals surface area contributed by atoms with E-state index in [0.29, 0.717) is 30.1 Å². The first-order valence-electron chi connectivity index (χ1n) is 9.94. The van der Waals surface area contributed by atoms with Crippen molar-refractivity contribution in [1.82, 2.24) is 14.3 Å². The normalized spacial score (nSPS) is 11.2. The molecule has 0 radical (unpaired) electrons. The molecule has 0 fully saturated rings. The van der Waals surface area contributed by atoms with Gasteiger partial charge in [0.1, 0.15) is 17.3 Å². The number of halogens is 2. The molecule has 6 nitrogen and oxygen atoms in total. The van der Waals surface area contributed by atoms with Crippen LogP contribution in [-0.2, 0) is 13.1 Å². The van der Waals surface area contributed by atoms with E-state index in [4.69, 9.17) is 4.42 Å². The van der Waals surface area contributed by atoms with Crippen molar-refractivity contribution < 1.29 is 18.0 Å². The second-order valence-corrected chi connectivity index (χ2v) is 7.43. The van der Waals surface area contributed by atoms with Crippen LogP contribution in [0.15, 0.2) is 83.7 Å². The van der Waals surface area contributed by atoms with Crippen LogP contribution in [0.5, 0.6) is 0 Å². The minimum absolute atomic E-state index is 0.308. The molecule has 0 aliphatic heterocycles. The number of hydrogen-bond donors (Lipinski definition) is 1. The van der Waals surface area contributed by atoms with E-state index in [2.05, 4.69) is 10.4 Å². The van der Waals surface area contributed by atoms with Crippen LogP contribution in [0.2, 0.25) is 0 Å². The number of benzene rings is 2. The minimum Gasteiger partial charge on any atom is -0.463 e. The first-order valence-corrected chi connectivity index (χ1v) is 9.94. The van der Waals surface area contributed by atoms with Gasteiger partial charge in [0, 0.05) is 24.9 Å². The maximum absolute atomic E-state index is 13.6. The maximum Gasteiger partial charge on any atom is 0.272 e. The van der Waals surface area contributed by atoms with Crippen LogP contribution >= 0.6 is 0 Å². The molecule has 3 aromatic heterocycles. The number of furan rings is 1. The molecule has 3 heterocycles. The van der Waals surface area contributed by atoms with Gasteiger partial charge in [0.15, 0.2) is 5.58 Å². The lowest BCUT2D eigenvalue weighted by molar-refractivity contribution is 0.101. The van der Waals surface area contributed by atoms with E-state index < -0.39 is 0 Å². The topological polar surface area (TPSA) is 65.0 Å². The highest BCUT2D eigenvalue weighted by atomic mass is 19.1. The molecule has 1 N–H and O–H groups in total. The summed E-state index contributed by atoms with van der Waals surface area (Å²) in [7, 11) is 0. The lowest BCUT2D eigenvalue weighted by Crippen LogP contribution is -2.17. The third kappa shape index (κ3) is 4.02. The molecule has 0 spiro atoms. The molecule has 0 saturated heterocycles. The summed E-state index contributed by atoms with van der Waals surface area (Å²) >= 11 is 0. The Balaban J connectivity index is 1.37. The maximum atomic E-state index is 13.6. The van der Waals surface area contributed by atoms with Gasteiger partial charge in [-0.15, -0.1) is 0 Å². The lowest BCUT2D eigenvalue weighted by Gasteiger charge is -2.10. The van der Waals surface area contributed by atoms with Crippen LogP contribution in [-0.4, -0.2) is 20.3 Å². The van der Waals surface area contributed by atoms with Gasteiger partial charge in [-0.25, -0.2) is 8.78 Å². The highest BCUT2D eigenvalue weighted by Crippen LogP contribution is 2.24. The first kappa shape index (κ1) is 19.7. The van der Waals surface area contributed by atoms with Crippen molar-refractivity contribution in [2.45, 2.75) is 13.1 Å². The van der Waals surface area contributed by atoms with Gasteiger partial charge in [0.2, 0.25) is 0 Å². The Morgan fingerprint density at radius 2 is 1.69 bits per heavy atom. The molecule has 32 heavy (non-hydrogen) atoms. The number of aromatic nitrogens is 3. The van der Waals surface area contributed by atoms with Crippen LogP contribution in [0.25, 0.3) is 11.1 Å². The number of nitrogens with one attached hydrogen (secondary N) is 1. The first-order chi connectivity index (χ1) is 15.5. The molecule has 5 aromatic rings. The smallest absolute Gasteiger partial charge is 0.272 e. The fourth-order valence-corrected chi connectivity index (χ4v) is 3.69. The summed E-state index contributed by atoms with van der Waals surface area (Å²) in [6.07, 6.45) is 4.75. The van der Waals surface area contributed by atoms with Gasteiger partial charge >= 0.3 is 0 Å². The molecule has 0 aliphatic rings. The number of anilines is 1. The molecule has 0 unspecified atom stereocenters. The molecule has 0 atom stereocenters. The van der Waals surface area contributed by atoms with E-state index in [1.165, 1.54) is 30.5 Å². The van der Waals surface area contributed by atoms with Gasteiger partial charge in [-0.1, -0.05) is 24.3 Å². The van der Waals surface area contributed by atoms with Crippen LogP contribution < -0.4 is 5.32 Å². The second kappa shape index (κ2) is 8.14. The van der Waals surface area contributed by atoms with Crippen LogP contribution in [0.1, 0.15) is 21.6 Å². The van der Waals surface area contributed by atoms with E-state index in [-0.39, 0.29) is 17.5 Å². The summed E-state index contributed by atoms with van der Waals surface area (Å²) < 4.78 is 35.9. The molecule has 0 aliphatic carbocycles. The van der Waals surface area contributed by atoms with Crippen LogP contribution in [0, 0.1) is 11.6 Å². The number of carbonyl (C=O) groups is 1. The third-order valence-corrected chi connectivity index (χ3v) is 5.11. The zero-order chi connectivity index (χ0) is 22.1. The predicted octanol–water partition coefficient (Wildman–Crippen LogP) is 5.06. The number of rotatable bonds is 6. The van der Waals surface area contributed by atoms with E-state index in [1.54, 1.807) is 58.1 Å². The van der Waals surface area contributed by atoms with Gasteiger partial charge in [0.05, 0.1) is 30.2 Å². The molecule has 5 rings (SSSR count). The van der Waals surface area contributed by atoms with Crippen molar-refractivity contribution in [3.63, 3.8) is 0 Å². The van der Waals surface area contributed by atoms with E-state index >= 15 is 0 Å². The second-order valence-electron chi connectivity index (χ2n) is 7.43. The molecule has 2 aromatic carbocycles. The fraction of sp³-hybridized carbons (Fsp3) is 0.0833. The van der Waals surface area contributed by atoms with Crippen molar-refractivity contribution >= 4 is 22.7 Å². The molecular formula is C24H18F2N4O2. The van der Waals surface area contributed by atoms with Gasteiger partial charge < -0.3 is 14.3 Å². The zero-order valence-corrected chi connectivity index (χ0v) is 16.8. The monoisotopic (exact) mass is 432 g/mol. The minimum atomic E-state index is -0.349. The van der Waals surface area contributed by atoms with E-state index in [1.807, 2.05) is 0 Å². The summed E-state index contributed by atoms with van der Waals surface area (Å²) in [6, 6.07) is 15.9. The summed E-state index contributed by atoms with van der Waals surface area (Å²) in [5.74, 6) is -1.00. The van der Waals surface area contributed by atoms with Gasteiger partial charge in [-0.05, 0) is 35.4 Å². The lowest BCUT2D eigenvalue weighted by atomic mass is 10.2. The average molecular weight is 432 g/mol. The Labute approximate surface area is 181 Å². The third-order valence-electron chi connectivity index (χ3n) is 5.11. The Kier molecular flexibility index (Phi) is 5.03. The molecule has 160 valence electrons. The Morgan fingerprint density at radius 1 is 0.969 bits per heavy atom. The number of amides is 1. The number of fused-ring (bicyclic) bond motifs is 1. The van der Waals surface area contributed by atoms with Crippen LogP contribution in [0.3, 0.4) is 0 Å². The quantitative estimate of drug-likeness (QED) is 0.408. The summed E-state index contributed by atoms with van der Waals surface area (Å²) in [6.45, 7) is 0.679. The number of carbonyl (C=O) groups excluding carboxylic acids is 1. The Morgan fingerprint density at radius 3 is 2.41 bits per heavy atom. The Bertz CT molecular complexity index is 1420. The standard InChI is InChI=1S/C24H18F2N4O2/c25-18-5-1-3-16(9-18)13-29-15-20(12-27-29)28-24(31)22-11-23-21(7-8-32-23)30(22)14-17-4-2-6-19(26)10-17/h1-12,15H,13-14H2,(H,28,31). The van der Waals surface area contributed by atoms with Crippen molar-refractivity contribution in [3.8, 4) is 0 Å².